The van der Waals surface area contributed by atoms with Gasteiger partial charge < -0.3 is 4.90 Å². The topological polar surface area (TPSA) is 49.4 Å². The number of nitrogens with one attached hydrogen (secondary N) is 1. The van der Waals surface area contributed by atoms with E-state index in [9.17, 15) is 8.42 Å². The highest BCUT2D eigenvalue weighted by Crippen LogP contribution is 2.40. The van der Waals surface area contributed by atoms with Crippen molar-refractivity contribution in [2.45, 2.75) is 78.1 Å². The van der Waals surface area contributed by atoms with Crippen LogP contribution in [-0.4, -0.2) is 38.7 Å². The second-order valence-corrected chi connectivity index (χ2v) is 10.6. The lowest BCUT2D eigenvalue weighted by molar-refractivity contribution is 0.109. The van der Waals surface area contributed by atoms with Crippen molar-refractivity contribution in [2.75, 3.05) is 30.1 Å². The molecule has 0 aliphatic carbocycles. The molecular formula is C23H40N2O2S. The van der Waals surface area contributed by atoms with Gasteiger partial charge in [-0.25, -0.2) is 8.42 Å². The zero-order valence-corrected chi connectivity index (χ0v) is 19.2. The van der Waals surface area contributed by atoms with Gasteiger partial charge in [0.25, 0.3) is 0 Å². The third kappa shape index (κ3) is 6.48. The Morgan fingerprint density at radius 2 is 1.89 bits per heavy atom. The SMILES string of the molecule is CCCCCCN1CC[C@](C)(c2cccc(NS(=O)(=O)CCCC)c2)[C@@H](C)C1. The number of likely N-dealkylation sites (tertiary alicyclic amines) is 1. The molecule has 4 nitrogen and oxygen atoms in total. The van der Waals surface area contributed by atoms with Crippen LogP contribution in [0.3, 0.4) is 0 Å². The molecule has 28 heavy (non-hydrogen) atoms. The summed E-state index contributed by atoms with van der Waals surface area (Å²) in [5.41, 5.74) is 2.04. The van der Waals surface area contributed by atoms with Crippen molar-refractivity contribution >= 4 is 15.7 Å². The van der Waals surface area contributed by atoms with Crippen molar-refractivity contribution in [1.82, 2.24) is 4.90 Å². The number of unbranched alkanes of at least 4 members (excludes halogenated alkanes) is 4. The summed E-state index contributed by atoms with van der Waals surface area (Å²) in [5.74, 6) is 0.730. The van der Waals surface area contributed by atoms with Gasteiger partial charge in [-0.15, -0.1) is 0 Å². The van der Waals surface area contributed by atoms with E-state index >= 15 is 0 Å². The minimum Gasteiger partial charge on any atom is -0.303 e. The van der Waals surface area contributed by atoms with Crippen LogP contribution in [0.25, 0.3) is 0 Å². The Bertz CT molecular complexity index is 704. The highest BCUT2D eigenvalue weighted by atomic mass is 32.2. The van der Waals surface area contributed by atoms with E-state index in [2.05, 4.69) is 42.5 Å². The number of sulfonamides is 1. The molecule has 0 amide bonds. The number of rotatable bonds is 11. The maximum atomic E-state index is 12.3. The molecule has 1 aliphatic rings. The lowest BCUT2D eigenvalue weighted by Gasteiger charge is -2.45. The quantitative estimate of drug-likeness (QED) is 0.498. The second-order valence-electron chi connectivity index (χ2n) is 8.79. The fourth-order valence-corrected chi connectivity index (χ4v) is 5.47. The molecule has 1 aromatic carbocycles. The molecule has 0 radical (unpaired) electrons. The first-order chi connectivity index (χ1) is 13.3. The van der Waals surface area contributed by atoms with Crippen LogP contribution in [0.1, 0.15) is 78.2 Å². The predicted octanol–water partition coefficient (Wildman–Crippen LogP) is 5.41. The van der Waals surface area contributed by atoms with E-state index in [4.69, 9.17) is 0 Å². The molecule has 1 heterocycles. The summed E-state index contributed by atoms with van der Waals surface area (Å²) in [7, 11) is -3.26. The Kier molecular flexibility index (Phi) is 8.81. The summed E-state index contributed by atoms with van der Waals surface area (Å²) in [6.07, 6.45) is 7.94. The molecule has 0 unspecified atom stereocenters. The summed E-state index contributed by atoms with van der Waals surface area (Å²) in [4.78, 5) is 2.61. The highest BCUT2D eigenvalue weighted by Gasteiger charge is 2.37. The number of anilines is 1. The lowest BCUT2D eigenvalue weighted by Crippen LogP contribution is -2.47. The molecule has 1 saturated heterocycles. The van der Waals surface area contributed by atoms with Gasteiger partial charge in [0.05, 0.1) is 5.75 Å². The van der Waals surface area contributed by atoms with Crippen molar-refractivity contribution in [2.24, 2.45) is 5.92 Å². The minimum atomic E-state index is -3.26. The largest absolute Gasteiger partial charge is 0.303 e. The van der Waals surface area contributed by atoms with E-state index in [1.165, 1.54) is 37.8 Å². The normalized spacial score (nSPS) is 23.6. The summed E-state index contributed by atoms with van der Waals surface area (Å²) < 4.78 is 27.3. The molecule has 1 fully saturated rings. The lowest BCUT2D eigenvalue weighted by atomic mass is 9.68. The number of hydrogen-bond donors (Lipinski definition) is 1. The number of piperidine rings is 1. The molecule has 5 heteroatoms. The molecule has 0 bridgehead atoms. The van der Waals surface area contributed by atoms with E-state index in [0.717, 1.165) is 25.9 Å². The summed E-state index contributed by atoms with van der Waals surface area (Å²) in [5, 5.41) is 0. The Hall–Kier alpha value is -1.07. The fraction of sp³-hybridized carbons (Fsp3) is 0.739. The van der Waals surface area contributed by atoms with Gasteiger partial charge in [-0.3, -0.25) is 4.72 Å². The maximum absolute atomic E-state index is 12.3. The monoisotopic (exact) mass is 408 g/mol. The third-order valence-corrected chi connectivity index (χ3v) is 7.83. The summed E-state index contributed by atoms with van der Waals surface area (Å²) in [6, 6.07) is 8.07. The molecular weight excluding hydrogens is 368 g/mol. The zero-order valence-electron chi connectivity index (χ0n) is 18.3. The van der Waals surface area contributed by atoms with Crippen LogP contribution in [0.4, 0.5) is 5.69 Å². The average Bonchev–Trinajstić information content (AvgIpc) is 2.66. The van der Waals surface area contributed by atoms with E-state index in [1.54, 1.807) is 0 Å². The summed E-state index contributed by atoms with van der Waals surface area (Å²) in [6.45, 7) is 12.4. The van der Waals surface area contributed by atoms with Gasteiger partial charge in [0.1, 0.15) is 0 Å². The van der Waals surface area contributed by atoms with Gasteiger partial charge in [-0.05, 0) is 61.4 Å². The van der Waals surface area contributed by atoms with Gasteiger partial charge in [0.2, 0.25) is 10.0 Å². The molecule has 0 aromatic heterocycles. The predicted molar refractivity (Wildman–Crippen MR) is 120 cm³/mol. The first kappa shape index (κ1) is 23.2. The van der Waals surface area contributed by atoms with E-state index < -0.39 is 10.0 Å². The van der Waals surface area contributed by atoms with Gasteiger partial charge in [-0.1, -0.05) is 65.5 Å². The molecule has 1 aromatic rings. The van der Waals surface area contributed by atoms with Crippen LogP contribution >= 0.6 is 0 Å². The second kappa shape index (κ2) is 10.6. The van der Waals surface area contributed by atoms with Crippen LogP contribution in [0, 0.1) is 5.92 Å². The van der Waals surface area contributed by atoms with Gasteiger partial charge >= 0.3 is 0 Å². The minimum absolute atomic E-state index is 0.0881. The zero-order chi connectivity index (χ0) is 20.6. The van der Waals surface area contributed by atoms with Crippen LogP contribution in [-0.2, 0) is 15.4 Å². The Balaban J connectivity index is 2.02. The van der Waals surface area contributed by atoms with E-state index in [-0.39, 0.29) is 11.2 Å². The van der Waals surface area contributed by atoms with E-state index in [0.29, 0.717) is 18.0 Å². The Labute approximate surface area is 173 Å². The van der Waals surface area contributed by atoms with Crippen LogP contribution in [0.15, 0.2) is 24.3 Å². The average molecular weight is 409 g/mol. The number of benzene rings is 1. The Morgan fingerprint density at radius 3 is 2.57 bits per heavy atom. The molecule has 0 saturated carbocycles. The first-order valence-electron chi connectivity index (χ1n) is 11.1. The molecule has 160 valence electrons. The highest BCUT2D eigenvalue weighted by molar-refractivity contribution is 7.92. The third-order valence-electron chi connectivity index (χ3n) is 6.46. The number of nitrogens with zero attached hydrogens (tertiary/aromatic N) is 1. The van der Waals surface area contributed by atoms with Crippen molar-refractivity contribution in [3.63, 3.8) is 0 Å². The van der Waals surface area contributed by atoms with Crippen molar-refractivity contribution < 1.29 is 8.42 Å². The van der Waals surface area contributed by atoms with Crippen LogP contribution in [0.2, 0.25) is 0 Å². The van der Waals surface area contributed by atoms with Crippen LogP contribution in [0.5, 0.6) is 0 Å². The summed E-state index contributed by atoms with van der Waals surface area (Å²) >= 11 is 0. The van der Waals surface area contributed by atoms with Crippen molar-refractivity contribution in [3.8, 4) is 0 Å². The van der Waals surface area contributed by atoms with Crippen LogP contribution < -0.4 is 4.72 Å². The van der Waals surface area contributed by atoms with E-state index in [1.807, 2.05) is 19.1 Å². The molecule has 2 atom stereocenters. The first-order valence-corrected chi connectivity index (χ1v) is 12.8. The standard InChI is InChI=1S/C23H40N2O2S/c1-5-7-9-10-15-25-16-14-23(4,20(3)19-25)21-12-11-13-22(18-21)24-28(26,27)17-8-6-2/h11-13,18,20,24H,5-10,14-17,19H2,1-4H3/t20-,23-/m0/s1. The van der Waals surface area contributed by atoms with Crippen molar-refractivity contribution in [3.05, 3.63) is 29.8 Å². The fourth-order valence-electron chi connectivity index (χ4n) is 4.21. The maximum Gasteiger partial charge on any atom is 0.232 e. The van der Waals surface area contributed by atoms with Crippen molar-refractivity contribution in [1.29, 1.82) is 0 Å². The Morgan fingerprint density at radius 1 is 1.14 bits per heavy atom. The molecule has 2 rings (SSSR count). The molecule has 0 spiro atoms. The number of hydrogen-bond acceptors (Lipinski definition) is 3. The smallest absolute Gasteiger partial charge is 0.232 e. The van der Waals surface area contributed by atoms with Gasteiger partial charge in [0.15, 0.2) is 0 Å². The molecule has 1 aliphatic heterocycles. The van der Waals surface area contributed by atoms with Gasteiger partial charge in [0, 0.05) is 12.2 Å². The van der Waals surface area contributed by atoms with Gasteiger partial charge in [-0.2, -0.15) is 0 Å². The molecule has 1 N–H and O–H groups in total.